The second-order valence-corrected chi connectivity index (χ2v) is 6.97. The molecule has 4 N–H and O–H groups in total. The smallest absolute Gasteiger partial charge is 0.312 e. The average Bonchev–Trinajstić information content (AvgIpc) is 2.97. The third-order valence-electron chi connectivity index (χ3n) is 4.07. The van der Waals surface area contributed by atoms with Crippen LogP contribution in [0.2, 0.25) is 0 Å². The molecule has 0 aromatic heterocycles. The van der Waals surface area contributed by atoms with E-state index >= 15 is 0 Å². The molecule has 1 aromatic rings. The molecule has 0 saturated carbocycles. The van der Waals surface area contributed by atoms with Gasteiger partial charge in [0.05, 0.1) is 0 Å². The minimum atomic E-state index is -0.722. The summed E-state index contributed by atoms with van der Waals surface area (Å²) in [5.41, 5.74) is 7.56. The van der Waals surface area contributed by atoms with Gasteiger partial charge in [-0.3, -0.25) is 9.59 Å². The molecule has 1 aromatic carbocycles. The Hall–Kier alpha value is -2.22. The molecule has 25 heavy (non-hydrogen) atoms. The first-order valence-electron chi connectivity index (χ1n) is 8.19. The van der Waals surface area contributed by atoms with Crippen LogP contribution in [0.5, 0.6) is 0 Å². The molecule has 1 atom stereocenters. The first kappa shape index (κ1) is 19.1. The van der Waals surface area contributed by atoms with Gasteiger partial charge in [-0.25, -0.2) is 4.79 Å². The third kappa shape index (κ3) is 5.12. The highest BCUT2D eigenvalue weighted by Crippen LogP contribution is 2.27. The number of nitrogens with zero attached hydrogens (tertiary/aromatic N) is 1. The standard InChI is InChI=1S/C17H24N4O3S/c1-11-10-12(5-6-14(11)21-8-3-4-15(21)22)19-16(23)13(7-9-25-2)20-17(18)24/h5-6,10,13H,3-4,7-9H2,1-2H3,(H,19,23)(H3,18,20,24)/t13-/m0/s1. The minimum Gasteiger partial charge on any atom is -0.352 e. The van der Waals surface area contributed by atoms with Crippen LogP contribution in [0.4, 0.5) is 16.2 Å². The maximum absolute atomic E-state index is 12.4. The van der Waals surface area contributed by atoms with Crippen molar-refractivity contribution in [1.29, 1.82) is 0 Å². The Morgan fingerprint density at radius 1 is 1.40 bits per heavy atom. The molecular weight excluding hydrogens is 340 g/mol. The summed E-state index contributed by atoms with van der Waals surface area (Å²) in [7, 11) is 0. The number of rotatable bonds is 7. The molecule has 0 aliphatic carbocycles. The van der Waals surface area contributed by atoms with Crippen molar-refractivity contribution in [2.45, 2.75) is 32.2 Å². The molecule has 136 valence electrons. The SMILES string of the molecule is CSCC[C@H](NC(N)=O)C(=O)Nc1ccc(N2CCCC2=O)c(C)c1. The third-order valence-corrected chi connectivity index (χ3v) is 4.72. The van der Waals surface area contributed by atoms with Crippen LogP contribution in [0.1, 0.15) is 24.8 Å². The molecule has 1 aliphatic rings. The molecular formula is C17H24N4O3S. The fourth-order valence-corrected chi connectivity index (χ4v) is 3.32. The van der Waals surface area contributed by atoms with E-state index < -0.39 is 12.1 Å². The van der Waals surface area contributed by atoms with E-state index in [0.29, 0.717) is 18.5 Å². The van der Waals surface area contributed by atoms with Crippen LogP contribution in [0.15, 0.2) is 18.2 Å². The predicted molar refractivity (Wildman–Crippen MR) is 101 cm³/mol. The molecule has 1 aliphatic heterocycles. The largest absolute Gasteiger partial charge is 0.352 e. The summed E-state index contributed by atoms with van der Waals surface area (Å²) in [5, 5.41) is 5.28. The Labute approximate surface area is 151 Å². The Bertz CT molecular complexity index is 665. The van der Waals surface area contributed by atoms with Gasteiger partial charge in [-0.1, -0.05) is 0 Å². The predicted octanol–water partition coefficient (Wildman–Crippen LogP) is 1.85. The maximum Gasteiger partial charge on any atom is 0.312 e. The van der Waals surface area contributed by atoms with Gasteiger partial charge in [0, 0.05) is 24.3 Å². The number of carbonyl (C=O) groups is 3. The van der Waals surface area contributed by atoms with Crippen LogP contribution in [0, 0.1) is 6.92 Å². The summed E-state index contributed by atoms with van der Waals surface area (Å²) in [6.45, 7) is 2.63. The van der Waals surface area contributed by atoms with E-state index in [-0.39, 0.29) is 11.8 Å². The number of hydrogen-bond acceptors (Lipinski definition) is 4. The molecule has 0 unspecified atom stereocenters. The lowest BCUT2D eigenvalue weighted by Gasteiger charge is -2.20. The summed E-state index contributed by atoms with van der Waals surface area (Å²) in [6.07, 6.45) is 3.87. The number of hydrogen-bond donors (Lipinski definition) is 3. The number of amides is 4. The number of urea groups is 1. The van der Waals surface area contributed by atoms with E-state index in [1.807, 2.05) is 25.3 Å². The quantitative estimate of drug-likeness (QED) is 0.687. The van der Waals surface area contributed by atoms with Crippen LogP contribution in [0.3, 0.4) is 0 Å². The number of nitrogens with two attached hydrogens (primary N) is 1. The molecule has 1 heterocycles. The molecule has 2 rings (SSSR count). The number of primary amides is 1. The van der Waals surface area contributed by atoms with Crippen LogP contribution in [-0.4, -0.2) is 42.4 Å². The van der Waals surface area contributed by atoms with E-state index in [2.05, 4.69) is 10.6 Å². The van der Waals surface area contributed by atoms with Crippen molar-refractivity contribution < 1.29 is 14.4 Å². The number of aryl methyl sites for hydroxylation is 1. The van der Waals surface area contributed by atoms with Gasteiger partial charge in [-0.2, -0.15) is 11.8 Å². The van der Waals surface area contributed by atoms with E-state index in [9.17, 15) is 14.4 Å². The molecule has 1 fully saturated rings. The van der Waals surface area contributed by atoms with Crippen LogP contribution >= 0.6 is 11.8 Å². The fraction of sp³-hybridized carbons (Fsp3) is 0.471. The number of carbonyl (C=O) groups excluding carboxylic acids is 3. The average molecular weight is 364 g/mol. The van der Waals surface area contributed by atoms with Crippen molar-refractivity contribution in [1.82, 2.24) is 5.32 Å². The van der Waals surface area contributed by atoms with Crippen molar-refractivity contribution in [3.63, 3.8) is 0 Å². The van der Waals surface area contributed by atoms with Gasteiger partial charge in [0.25, 0.3) is 0 Å². The summed E-state index contributed by atoms with van der Waals surface area (Å²) in [5.74, 6) is 0.549. The van der Waals surface area contributed by atoms with Gasteiger partial charge < -0.3 is 21.3 Å². The van der Waals surface area contributed by atoms with Gasteiger partial charge in [0.2, 0.25) is 11.8 Å². The van der Waals surface area contributed by atoms with Crippen LogP contribution < -0.4 is 21.3 Å². The Morgan fingerprint density at radius 2 is 2.16 bits per heavy atom. The van der Waals surface area contributed by atoms with Gasteiger partial charge >= 0.3 is 6.03 Å². The maximum atomic E-state index is 12.4. The normalized spacial score (nSPS) is 15.1. The fourth-order valence-electron chi connectivity index (χ4n) is 2.84. The highest BCUT2D eigenvalue weighted by Gasteiger charge is 2.24. The van der Waals surface area contributed by atoms with Gasteiger partial charge in [-0.05, 0) is 55.5 Å². The van der Waals surface area contributed by atoms with Crippen LogP contribution in [-0.2, 0) is 9.59 Å². The summed E-state index contributed by atoms with van der Waals surface area (Å²) < 4.78 is 0. The lowest BCUT2D eigenvalue weighted by molar-refractivity contribution is -0.118. The highest BCUT2D eigenvalue weighted by atomic mass is 32.2. The topological polar surface area (TPSA) is 105 Å². The van der Waals surface area contributed by atoms with Crippen molar-refractivity contribution in [3.05, 3.63) is 23.8 Å². The molecule has 0 radical (unpaired) electrons. The second kappa shape index (κ2) is 8.75. The molecule has 4 amide bonds. The zero-order valence-electron chi connectivity index (χ0n) is 14.5. The number of anilines is 2. The zero-order valence-corrected chi connectivity index (χ0v) is 15.3. The Kier molecular flexibility index (Phi) is 6.69. The second-order valence-electron chi connectivity index (χ2n) is 5.98. The van der Waals surface area contributed by atoms with E-state index in [4.69, 9.17) is 5.73 Å². The monoisotopic (exact) mass is 364 g/mol. The molecule has 0 bridgehead atoms. The van der Waals surface area contributed by atoms with E-state index in [1.165, 1.54) is 0 Å². The lowest BCUT2D eigenvalue weighted by Crippen LogP contribution is -2.46. The Balaban J connectivity index is 2.07. The first-order valence-corrected chi connectivity index (χ1v) is 9.58. The summed E-state index contributed by atoms with van der Waals surface area (Å²) in [4.78, 5) is 37.2. The summed E-state index contributed by atoms with van der Waals surface area (Å²) in [6, 6.07) is 4.04. The molecule has 8 heteroatoms. The van der Waals surface area contributed by atoms with Gasteiger partial charge in [-0.15, -0.1) is 0 Å². The minimum absolute atomic E-state index is 0.127. The Morgan fingerprint density at radius 3 is 2.72 bits per heavy atom. The van der Waals surface area contributed by atoms with Gasteiger partial charge in [0.1, 0.15) is 6.04 Å². The number of benzene rings is 1. The van der Waals surface area contributed by atoms with Crippen molar-refractivity contribution >= 4 is 41.0 Å². The molecule has 0 spiro atoms. The number of thioether (sulfide) groups is 1. The van der Waals surface area contributed by atoms with Crippen molar-refractivity contribution in [2.75, 3.05) is 28.8 Å². The highest BCUT2D eigenvalue weighted by molar-refractivity contribution is 7.98. The van der Waals surface area contributed by atoms with Crippen molar-refractivity contribution in [3.8, 4) is 0 Å². The summed E-state index contributed by atoms with van der Waals surface area (Å²) >= 11 is 1.59. The lowest BCUT2D eigenvalue weighted by atomic mass is 10.1. The molecule has 7 nitrogen and oxygen atoms in total. The van der Waals surface area contributed by atoms with Crippen LogP contribution in [0.25, 0.3) is 0 Å². The number of nitrogens with one attached hydrogen (secondary N) is 2. The van der Waals surface area contributed by atoms with Gasteiger partial charge in [0.15, 0.2) is 0 Å². The zero-order chi connectivity index (χ0) is 18.4. The van der Waals surface area contributed by atoms with E-state index in [0.717, 1.165) is 30.0 Å². The molecule has 1 saturated heterocycles. The van der Waals surface area contributed by atoms with Crippen molar-refractivity contribution in [2.24, 2.45) is 5.73 Å². The first-order chi connectivity index (χ1) is 11.9. The van der Waals surface area contributed by atoms with E-state index in [1.54, 1.807) is 22.7 Å².